The molecule has 0 heterocycles. The third kappa shape index (κ3) is 10.1. The van der Waals surface area contributed by atoms with E-state index in [2.05, 4.69) is 24.3 Å². The van der Waals surface area contributed by atoms with Gasteiger partial charge in [0.25, 0.3) is 5.91 Å². The van der Waals surface area contributed by atoms with Gasteiger partial charge in [-0.15, -0.1) is 0 Å². The summed E-state index contributed by atoms with van der Waals surface area (Å²) in [6.45, 7) is -0.217. The first kappa shape index (κ1) is 35.1. The molecule has 0 spiro atoms. The molecule has 4 aromatic rings. The van der Waals surface area contributed by atoms with Crippen LogP contribution in [0.1, 0.15) is 60.0 Å². The molecule has 0 aliphatic heterocycles. The van der Waals surface area contributed by atoms with Gasteiger partial charge in [-0.3, -0.25) is 4.79 Å². The lowest BCUT2D eigenvalue weighted by atomic mass is 9.93. The first-order chi connectivity index (χ1) is 22.6. The van der Waals surface area contributed by atoms with Crippen molar-refractivity contribution in [1.29, 1.82) is 0 Å². The zero-order valence-electron chi connectivity index (χ0n) is 26.7. The number of aliphatic carboxylic acids is 1. The normalized spacial score (nSPS) is 11.3. The molecule has 0 aromatic heterocycles. The van der Waals surface area contributed by atoms with Crippen LogP contribution in [-0.4, -0.2) is 49.2 Å². The van der Waals surface area contributed by atoms with Crippen molar-refractivity contribution in [3.63, 3.8) is 0 Å². The number of carboxylic acid groups (broad SMARTS) is 1. The number of carbonyl (C=O) groups excluding carboxylic acids is 1. The number of rotatable bonds is 16. The van der Waals surface area contributed by atoms with E-state index in [1.807, 2.05) is 6.07 Å². The number of ether oxygens (including phenoxy) is 2. The standard InChI is InChI=1S/C38H40F3NO5/c1-42(22-11-6-4-3-5-8-13-27-14-9-7-10-15-27)37(45)30-24-33(28-18-20-32(46-2)21-19-28)36(47-26-35(43)44)34(25-30)29-16-12-17-31(23-29)38(39,40)41/h7,9-10,12,14-21,23-25H,3-6,8,11,13,22,26H2,1-2H3,(H,43,44). The smallest absolute Gasteiger partial charge is 0.416 e. The summed E-state index contributed by atoms with van der Waals surface area (Å²) >= 11 is 0. The molecule has 47 heavy (non-hydrogen) atoms. The van der Waals surface area contributed by atoms with Crippen LogP contribution in [0.3, 0.4) is 0 Å². The summed E-state index contributed by atoms with van der Waals surface area (Å²) in [5.74, 6) is -0.927. The highest BCUT2D eigenvalue weighted by molar-refractivity contribution is 5.99. The predicted octanol–water partition coefficient (Wildman–Crippen LogP) is 9.17. The lowest BCUT2D eigenvalue weighted by molar-refractivity contribution is -0.139. The van der Waals surface area contributed by atoms with Gasteiger partial charge in [0.1, 0.15) is 11.5 Å². The number of carbonyl (C=O) groups is 2. The van der Waals surface area contributed by atoms with Gasteiger partial charge in [0.2, 0.25) is 0 Å². The van der Waals surface area contributed by atoms with Crippen molar-refractivity contribution in [2.75, 3.05) is 27.3 Å². The van der Waals surface area contributed by atoms with Crippen LogP contribution in [0.5, 0.6) is 11.5 Å². The van der Waals surface area contributed by atoms with Crippen molar-refractivity contribution in [3.8, 4) is 33.8 Å². The third-order valence-electron chi connectivity index (χ3n) is 7.98. The molecule has 0 aliphatic carbocycles. The Bertz CT molecular complexity index is 1620. The van der Waals surface area contributed by atoms with E-state index in [4.69, 9.17) is 9.47 Å². The van der Waals surface area contributed by atoms with Gasteiger partial charge in [-0.2, -0.15) is 13.2 Å². The summed E-state index contributed by atoms with van der Waals surface area (Å²) in [4.78, 5) is 26.9. The minimum absolute atomic E-state index is 0.0587. The number of unbranched alkanes of at least 4 members (excludes halogenated alkanes) is 5. The molecule has 0 bridgehead atoms. The number of benzene rings is 4. The van der Waals surface area contributed by atoms with Crippen LogP contribution in [0.4, 0.5) is 13.2 Å². The van der Waals surface area contributed by atoms with Gasteiger partial charge < -0.3 is 19.5 Å². The third-order valence-corrected chi connectivity index (χ3v) is 7.98. The molecule has 0 radical (unpaired) electrons. The van der Waals surface area contributed by atoms with Crippen LogP contribution in [0.2, 0.25) is 0 Å². The topological polar surface area (TPSA) is 76.1 Å². The van der Waals surface area contributed by atoms with E-state index >= 15 is 0 Å². The summed E-state index contributed by atoms with van der Waals surface area (Å²) in [5.41, 5.74) is 1.98. The zero-order chi connectivity index (χ0) is 33.8. The Morgan fingerprint density at radius 2 is 1.40 bits per heavy atom. The highest BCUT2D eigenvalue weighted by atomic mass is 19.4. The second-order valence-corrected chi connectivity index (χ2v) is 11.5. The van der Waals surface area contributed by atoms with Gasteiger partial charge in [-0.1, -0.05) is 80.3 Å². The number of methoxy groups -OCH3 is 1. The number of hydrogen-bond acceptors (Lipinski definition) is 4. The van der Waals surface area contributed by atoms with Crippen LogP contribution in [0.15, 0.2) is 91.0 Å². The van der Waals surface area contributed by atoms with E-state index in [1.54, 1.807) is 42.3 Å². The summed E-state index contributed by atoms with van der Waals surface area (Å²) < 4.78 is 52.1. The molecule has 6 nitrogen and oxygen atoms in total. The van der Waals surface area contributed by atoms with Crippen LogP contribution in [-0.2, 0) is 17.4 Å². The summed E-state index contributed by atoms with van der Waals surface area (Å²) in [6, 6.07) is 25.0. The number of amides is 1. The first-order valence-corrected chi connectivity index (χ1v) is 15.7. The van der Waals surface area contributed by atoms with Crippen molar-refractivity contribution in [2.45, 2.75) is 51.1 Å². The molecule has 0 atom stereocenters. The van der Waals surface area contributed by atoms with Gasteiger partial charge in [0.15, 0.2) is 6.61 Å². The number of alkyl halides is 3. The fourth-order valence-corrected chi connectivity index (χ4v) is 5.46. The molecule has 4 rings (SSSR count). The molecule has 0 saturated carbocycles. The SMILES string of the molecule is COc1ccc(-c2cc(C(=O)N(C)CCCCCCCCc3ccccc3)cc(-c3cccc(C(F)(F)F)c3)c2OCC(=O)O)cc1. The Kier molecular flexibility index (Phi) is 12.4. The molecular formula is C38H40F3NO5. The average molecular weight is 648 g/mol. The van der Waals surface area contributed by atoms with Crippen LogP contribution < -0.4 is 9.47 Å². The van der Waals surface area contributed by atoms with Crippen molar-refractivity contribution in [3.05, 3.63) is 108 Å². The van der Waals surface area contributed by atoms with Crippen LogP contribution in [0, 0.1) is 0 Å². The summed E-state index contributed by atoms with van der Waals surface area (Å²) in [7, 11) is 3.22. The number of halogens is 3. The van der Waals surface area contributed by atoms with E-state index in [0.29, 0.717) is 23.4 Å². The number of nitrogens with zero attached hydrogens (tertiary/aromatic N) is 1. The summed E-state index contributed by atoms with van der Waals surface area (Å²) in [5, 5.41) is 9.39. The molecule has 0 saturated heterocycles. The minimum atomic E-state index is -4.60. The molecule has 4 aromatic carbocycles. The average Bonchev–Trinajstić information content (AvgIpc) is 3.07. The van der Waals surface area contributed by atoms with E-state index in [1.165, 1.54) is 30.9 Å². The van der Waals surface area contributed by atoms with E-state index < -0.39 is 24.3 Å². The predicted molar refractivity (Wildman–Crippen MR) is 177 cm³/mol. The molecule has 0 aliphatic rings. The van der Waals surface area contributed by atoms with E-state index in [9.17, 15) is 27.9 Å². The second-order valence-electron chi connectivity index (χ2n) is 11.5. The van der Waals surface area contributed by atoms with E-state index in [0.717, 1.165) is 57.1 Å². The number of carboxylic acids is 1. The molecule has 1 N–H and O–H groups in total. The maximum absolute atomic E-state index is 13.7. The largest absolute Gasteiger partial charge is 0.497 e. The van der Waals surface area contributed by atoms with Gasteiger partial charge >= 0.3 is 12.1 Å². The quantitative estimate of drug-likeness (QED) is 0.123. The van der Waals surface area contributed by atoms with Crippen molar-refractivity contribution in [2.24, 2.45) is 0 Å². The van der Waals surface area contributed by atoms with Crippen molar-refractivity contribution < 1.29 is 37.3 Å². The maximum Gasteiger partial charge on any atom is 0.416 e. The lowest BCUT2D eigenvalue weighted by Gasteiger charge is -2.21. The van der Waals surface area contributed by atoms with Crippen molar-refractivity contribution in [1.82, 2.24) is 4.90 Å². The van der Waals surface area contributed by atoms with Gasteiger partial charge in [-0.05, 0) is 72.4 Å². The fourth-order valence-electron chi connectivity index (χ4n) is 5.46. The highest BCUT2D eigenvalue weighted by Crippen LogP contribution is 2.42. The molecular weight excluding hydrogens is 607 g/mol. The lowest BCUT2D eigenvalue weighted by Crippen LogP contribution is -2.28. The molecule has 0 fully saturated rings. The fraction of sp³-hybridized carbons (Fsp3) is 0.316. The van der Waals surface area contributed by atoms with Gasteiger partial charge in [0.05, 0.1) is 12.7 Å². The Hall–Kier alpha value is -4.79. The van der Waals surface area contributed by atoms with Crippen molar-refractivity contribution >= 4 is 11.9 Å². The monoisotopic (exact) mass is 647 g/mol. The van der Waals surface area contributed by atoms with E-state index in [-0.39, 0.29) is 28.3 Å². The van der Waals surface area contributed by atoms with Gasteiger partial charge in [0, 0.05) is 30.3 Å². The Balaban J connectivity index is 1.56. The Morgan fingerprint density at radius 3 is 2.04 bits per heavy atom. The zero-order valence-corrected chi connectivity index (χ0v) is 26.7. The molecule has 0 unspecified atom stereocenters. The molecule has 248 valence electrons. The summed E-state index contributed by atoms with van der Waals surface area (Å²) in [6.07, 6.45) is 2.71. The van der Waals surface area contributed by atoms with Crippen LogP contribution in [0.25, 0.3) is 22.3 Å². The highest BCUT2D eigenvalue weighted by Gasteiger charge is 2.31. The Morgan fingerprint density at radius 1 is 0.766 bits per heavy atom. The number of aryl methyl sites for hydroxylation is 1. The second kappa shape index (κ2) is 16.7. The number of hydrogen-bond donors (Lipinski definition) is 1. The first-order valence-electron chi connectivity index (χ1n) is 15.7. The van der Waals surface area contributed by atoms with Crippen LogP contribution >= 0.6 is 0 Å². The molecule has 1 amide bonds. The Labute approximate surface area is 273 Å². The minimum Gasteiger partial charge on any atom is -0.497 e. The van der Waals surface area contributed by atoms with Gasteiger partial charge in [-0.25, -0.2) is 4.79 Å². The maximum atomic E-state index is 13.7. The molecule has 9 heteroatoms.